The Labute approximate surface area is 193 Å². The van der Waals surface area contributed by atoms with Crippen LogP contribution in [0.4, 0.5) is 8.78 Å². The molecule has 1 heterocycles. The molecule has 0 radical (unpaired) electrons. The Balaban J connectivity index is 1.84. The molecule has 172 valence electrons. The predicted molar refractivity (Wildman–Crippen MR) is 120 cm³/mol. The molecule has 0 aliphatic heterocycles. The molecule has 0 fully saturated rings. The first-order valence-corrected chi connectivity index (χ1v) is 12.6. The van der Waals surface area contributed by atoms with E-state index in [0.717, 1.165) is 32.7 Å². The van der Waals surface area contributed by atoms with Gasteiger partial charge in [-0.3, -0.25) is 0 Å². The Hall–Kier alpha value is -2.86. The second-order valence-corrected chi connectivity index (χ2v) is 11.6. The number of hydrogen-bond acceptors (Lipinski definition) is 5. The Morgan fingerprint density at radius 2 is 1.48 bits per heavy atom. The van der Waals surface area contributed by atoms with E-state index in [-0.39, 0.29) is 36.8 Å². The molecule has 0 N–H and O–H groups in total. The van der Waals surface area contributed by atoms with Gasteiger partial charge in [-0.15, -0.1) is 0 Å². The summed E-state index contributed by atoms with van der Waals surface area (Å²) in [5.41, 5.74) is -0.167. The first kappa shape index (κ1) is 23.3. The summed E-state index contributed by atoms with van der Waals surface area (Å²) in [5.74, 6) is -1.80. The molecule has 0 spiro atoms. The van der Waals surface area contributed by atoms with Gasteiger partial charge in [0.25, 0.3) is 10.0 Å². The molecular formula is C21H16ClF2N3O4S2. The number of sulfonamides is 1. The molecule has 4 rings (SSSR count). The summed E-state index contributed by atoms with van der Waals surface area (Å²) in [4.78, 5) is -0.285. The molecule has 0 saturated heterocycles. The van der Waals surface area contributed by atoms with Gasteiger partial charge in [-0.1, -0.05) is 23.7 Å². The van der Waals surface area contributed by atoms with E-state index in [0.29, 0.717) is 0 Å². The first-order valence-electron chi connectivity index (χ1n) is 9.34. The highest BCUT2D eigenvalue weighted by Crippen LogP contribution is 2.34. The number of aromatic nitrogens is 2. The van der Waals surface area contributed by atoms with Gasteiger partial charge < -0.3 is 0 Å². The van der Waals surface area contributed by atoms with Crippen molar-refractivity contribution in [1.82, 2.24) is 13.5 Å². The Morgan fingerprint density at radius 3 is 2.06 bits per heavy atom. The van der Waals surface area contributed by atoms with Gasteiger partial charge in [0.05, 0.1) is 27.1 Å². The second-order valence-electron chi connectivity index (χ2n) is 7.23. The molecule has 0 aliphatic rings. The van der Waals surface area contributed by atoms with Crippen molar-refractivity contribution in [3.05, 3.63) is 77.5 Å². The summed E-state index contributed by atoms with van der Waals surface area (Å²) < 4.78 is 81.6. The van der Waals surface area contributed by atoms with E-state index in [1.165, 1.54) is 50.6 Å². The number of nitrogens with zero attached hydrogens (tertiary/aromatic N) is 3. The summed E-state index contributed by atoms with van der Waals surface area (Å²) in [6.07, 6.45) is 1.20. The largest absolute Gasteiger partial charge is 0.283 e. The van der Waals surface area contributed by atoms with Crippen LogP contribution in [-0.4, -0.2) is 44.4 Å². The fourth-order valence-electron chi connectivity index (χ4n) is 3.33. The lowest BCUT2D eigenvalue weighted by atomic mass is 10.0. The van der Waals surface area contributed by atoms with Gasteiger partial charge in [0.1, 0.15) is 11.6 Å². The van der Waals surface area contributed by atoms with E-state index < -0.39 is 31.7 Å². The van der Waals surface area contributed by atoms with Crippen LogP contribution >= 0.6 is 11.6 Å². The van der Waals surface area contributed by atoms with Crippen LogP contribution in [0.5, 0.6) is 0 Å². The predicted octanol–water partition coefficient (Wildman–Crippen LogP) is 4.12. The van der Waals surface area contributed by atoms with Gasteiger partial charge in [-0.25, -0.2) is 21.5 Å². The van der Waals surface area contributed by atoms with E-state index in [1.54, 1.807) is 0 Å². The maximum absolute atomic E-state index is 14.5. The van der Waals surface area contributed by atoms with Crippen molar-refractivity contribution in [3.8, 4) is 11.1 Å². The molecule has 4 aromatic rings. The monoisotopic (exact) mass is 511 g/mol. The highest BCUT2D eigenvalue weighted by molar-refractivity contribution is 7.90. The fourth-order valence-corrected chi connectivity index (χ4v) is 5.69. The molecule has 0 atom stereocenters. The van der Waals surface area contributed by atoms with E-state index >= 15 is 0 Å². The lowest BCUT2D eigenvalue weighted by Crippen LogP contribution is -2.22. The zero-order chi connectivity index (χ0) is 24.1. The molecule has 0 bridgehead atoms. The van der Waals surface area contributed by atoms with E-state index in [4.69, 9.17) is 11.6 Å². The molecule has 0 amide bonds. The molecule has 3 aromatic carbocycles. The highest BCUT2D eigenvalue weighted by Gasteiger charge is 2.24. The quantitative estimate of drug-likeness (QED) is 0.402. The number of rotatable bonds is 5. The molecular weight excluding hydrogens is 496 g/mol. The standard InChI is InChI=1S/C21H16ClF2N3O4S2/c1-26(2)32(28,29)14-6-8-15(9-7-14)33(30,31)27-20-5-3-4-16(17(20)12-25-27)21-18(23)10-13(22)11-19(21)24/h3-12H,1-2H3. The third-order valence-corrected chi connectivity index (χ3v) is 8.65. The zero-order valence-corrected chi connectivity index (χ0v) is 19.6. The highest BCUT2D eigenvalue weighted by atomic mass is 35.5. The Morgan fingerprint density at radius 1 is 0.909 bits per heavy atom. The molecule has 0 aliphatic carbocycles. The van der Waals surface area contributed by atoms with Crippen LogP contribution in [0.2, 0.25) is 5.02 Å². The van der Waals surface area contributed by atoms with Gasteiger partial charge in [-0.05, 0) is 48.0 Å². The SMILES string of the molecule is CN(C)S(=O)(=O)c1ccc(S(=O)(=O)n2ncc3c(-c4c(F)cc(Cl)cc4F)cccc32)cc1. The van der Waals surface area contributed by atoms with Crippen molar-refractivity contribution in [2.24, 2.45) is 0 Å². The van der Waals surface area contributed by atoms with Crippen molar-refractivity contribution in [1.29, 1.82) is 0 Å². The zero-order valence-electron chi connectivity index (χ0n) is 17.2. The van der Waals surface area contributed by atoms with E-state index in [2.05, 4.69) is 5.10 Å². The minimum atomic E-state index is -4.24. The Kier molecular flexibility index (Phi) is 5.77. The summed E-state index contributed by atoms with van der Waals surface area (Å²) in [5, 5.41) is 4.03. The average Bonchev–Trinajstić information content (AvgIpc) is 3.19. The van der Waals surface area contributed by atoms with Crippen LogP contribution in [0.1, 0.15) is 0 Å². The summed E-state index contributed by atoms with van der Waals surface area (Å²) >= 11 is 5.70. The van der Waals surface area contributed by atoms with E-state index in [1.807, 2.05) is 0 Å². The normalized spacial score (nSPS) is 12.5. The molecule has 1 aromatic heterocycles. The van der Waals surface area contributed by atoms with Crippen LogP contribution in [0.3, 0.4) is 0 Å². The number of hydrogen-bond donors (Lipinski definition) is 0. The van der Waals surface area contributed by atoms with Crippen molar-refractivity contribution in [2.75, 3.05) is 14.1 Å². The maximum atomic E-state index is 14.5. The molecule has 0 saturated carbocycles. The van der Waals surface area contributed by atoms with E-state index in [9.17, 15) is 25.6 Å². The average molecular weight is 512 g/mol. The van der Waals surface area contributed by atoms with Gasteiger partial charge in [0.15, 0.2) is 0 Å². The smallest absolute Gasteiger partial charge is 0.207 e. The summed E-state index contributed by atoms with van der Waals surface area (Å²) in [6.45, 7) is 0. The summed E-state index contributed by atoms with van der Waals surface area (Å²) in [6, 6.07) is 10.9. The van der Waals surface area contributed by atoms with Gasteiger partial charge in [0.2, 0.25) is 10.0 Å². The van der Waals surface area contributed by atoms with Crippen molar-refractivity contribution < 1.29 is 25.6 Å². The molecule has 7 nitrogen and oxygen atoms in total. The van der Waals surface area contributed by atoms with Crippen molar-refractivity contribution >= 4 is 42.6 Å². The first-order chi connectivity index (χ1) is 15.4. The summed E-state index contributed by atoms with van der Waals surface area (Å²) in [7, 11) is -5.26. The Bertz CT molecular complexity index is 1580. The lowest BCUT2D eigenvalue weighted by Gasteiger charge is -2.12. The van der Waals surface area contributed by atoms with Gasteiger partial charge in [-0.2, -0.15) is 17.6 Å². The van der Waals surface area contributed by atoms with Crippen LogP contribution in [-0.2, 0) is 20.0 Å². The fraction of sp³-hybridized carbons (Fsp3) is 0.0952. The minimum Gasteiger partial charge on any atom is -0.207 e. The maximum Gasteiger partial charge on any atom is 0.283 e. The minimum absolute atomic E-state index is 0.0762. The number of halogens is 3. The van der Waals surface area contributed by atoms with Crippen molar-refractivity contribution in [3.63, 3.8) is 0 Å². The van der Waals surface area contributed by atoms with Gasteiger partial charge in [0, 0.05) is 24.5 Å². The van der Waals surface area contributed by atoms with Crippen LogP contribution in [0, 0.1) is 11.6 Å². The van der Waals surface area contributed by atoms with Crippen LogP contribution in [0.15, 0.2) is 70.6 Å². The number of benzene rings is 3. The molecule has 0 unspecified atom stereocenters. The second kappa shape index (κ2) is 8.17. The van der Waals surface area contributed by atoms with Crippen LogP contribution < -0.4 is 0 Å². The topological polar surface area (TPSA) is 89.3 Å². The van der Waals surface area contributed by atoms with Gasteiger partial charge >= 0.3 is 0 Å². The molecule has 33 heavy (non-hydrogen) atoms. The molecule has 12 heteroatoms. The lowest BCUT2D eigenvalue weighted by molar-refractivity contribution is 0.520. The van der Waals surface area contributed by atoms with Crippen molar-refractivity contribution in [2.45, 2.75) is 9.79 Å². The third-order valence-electron chi connectivity index (χ3n) is 4.98. The van der Waals surface area contributed by atoms with Crippen LogP contribution in [0.25, 0.3) is 22.0 Å². The third kappa shape index (κ3) is 3.90. The number of fused-ring (bicyclic) bond motifs is 1.